The van der Waals surface area contributed by atoms with Crippen LogP contribution in [0.25, 0.3) is 17.4 Å². The second kappa shape index (κ2) is 8.30. The van der Waals surface area contributed by atoms with Crippen molar-refractivity contribution in [2.45, 2.75) is 20.3 Å². The van der Waals surface area contributed by atoms with Gasteiger partial charge in [-0.25, -0.2) is 4.98 Å². The molecule has 3 heterocycles. The number of anilines is 1. The Kier molecular flexibility index (Phi) is 5.37. The minimum atomic E-state index is -0.714. The number of aromatic nitrogens is 4. The lowest BCUT2D eigenvalue weighted by Crippen LogP contribution is -2.22. The van der Waals surface area contributed by atoms with E-state index < -0.39 is 10.8 Å². The molecule has 1 amide bonds. The zero-order valence-corrected chi connectivity index (χ0v) is 17.2. The monoisotopic (exact) mass is 434 g/mol. The molecule has 162 valence electrons. The van der Waals surface area contributed by atoms with E-state index in [0.29, 0.717) is 29.1 Å². The summed E-state index contributed by atoms with van der Waals surface area (Å²) in [5, 5.41) is 18.3. The molecule has 0 fully saturated rings. The average molecular weight is 434 g/mol. The minimum absolute atomic E-state index is 0.0837. The molecule has 11 heteroatoms. The molecule has 0 bridgehead atoms. The van der Waals surface area contributed by atoms with Crippen LogP contribution in [-0.4, -0.2) is 30.6 Å². The summed E-state index contributed by atoms with van der Waals surface area (Å²) >= 11 is 0. The maximum Gasteiger partial charge on any atom is 0.282 e. The molecule has 4 rings (SSSR count). The van der Waals surface area contributed by atoms with Crippen molar-refractivity contribution >= 4 is 17.4 Å². The van der Waals surface area contributed by atoms with Gasteiger partial charge in [-0.1, -0.05) is 19.1 Å². The van der Waals surface area contributed by atoms with Crippen LogP contribution < -0.4 is 10.9 Å². The van der Waals surface area contributed by atoms with Crippen molar-refractivity contribution in [3.63, 3.8) is 0 Å². The number of furan rings is 1. The highest BCUT2D eigenvalue weighted by Crippen LogP contribution is 2.26. The fraction of sp³-hybridized carbons (Fsp3) is 0.143. The molecule has 0 atom stereocenters. The second-order valence-electron chi connectivity index (χ2n) is 6.84. The van der Waals surface area contributed by atoms with Crippen LogP contribution in [0.5, 0.6) is 0 Å². The van der Waals surface area contributed by atoms with E-state index in [-0.39, 0.29) is 28.6 Å². The summed E-state index contributed by atoms with van der Waals surface area (Å²) in [4.78, 5) is 43.1. The number of amides is 1. The molecule has 0 saturated carbocycles. The minimum Gasteiger partial charge on any atom is -0.463 e. The molecule has 0 spiro atoms. The highest BCUT2D eigenvalue weighted by atomic mass is 16.6. The van der Waals surface area contributed by atoms with E-state index in [1.54, 1.807) is 19.1 Å². The molecule has 3 aromatic heterocycles. The molecule has 0 aliphatic carbocycles. The van der Waals surface area contributed by atoms with Gasteiger partial charge in [0.05, 0.1) is 11.2 Å². The van der Waals surface area contributed by atoms with Crippen LogP contribution in [-0.2, 0) is 6.42 Å². The molecule has 32 heavy (non-hydrogen) atoms. The lowest BCUT2D eigenvalue weighted by molar-refractivity contribution is -0.385. The smallest absolute Gasteiger partial charge is 0.282 e. The number of aromatic amines is 1. The quantitative estimate of drug-likeness (QED) is 0.349. The number of aryl methyl sites for hydroxylation is 1. The number of carbonyl (C=O) groups excluding carboxylic acids is 1. The molecule has 1 aromatic carbocycles. The maximum absolute atomic E-state index is 12.9. The third kappa shape index (κ3) is 3.78. The second-order valence-corrected chi connectivity index (χ2v) is 6.84. The van der Waals surface area contributed by atoms with E-state index >= 15 is 0 Å². The normalized spacial score (nSPS) is 10.8. The largest absolute Gasteiger partial charge is 0.463 e. The van der Waals surface area contributed by atoms with Crippen LogP contribution >= 0.6 is 0 Å². The van der Waals surface area contributed by atoms with Gasteiger partial charge in [0, 0.05) is 23.4 Å². The van der Waals surface area contributed by atoms with Gasteiger partial charge in [0.1, 0.15) is 17.1 Å². The first kappa shape index (κ1) is 20.7. The van der Waals surface area contributed by atoms with E-state index in [0.717, 1.165) is 0 Å². The number of hydrogen-bond acceptors (Lipinski definition) is 7. The van der Waals surface area contributed by atoms with E-state index in [1.807, 2.05) is 6.92 Å². The van der Waals surface area contributed by atoms with Gasteiger partial charge < -0.3 is 9.73 Å². The number of hydrogen-bond donors (Lipinski definition) is 2. The Bertz CT molecular complexity index is 1370. The third-order valence-electron chi connectivity index (χ3n) is 4.83. The molecule has 11 nitrogen and oxygen atoms in total. The summed E-state index contributed by atoms with van der Waals surface area (Å²) in [6.07, 6.45) is 1.98. The predicted octanol–water partition coefficient (Wildman–Crippen LogP) is 3.25. The molecule has 0 saturated heterocycles. The Morgan fingerprint density at radius 1 is 1.28 bits per heavy atom. The zero-order chi connectivity index (χ0) is 22.8. The average Bonchev–Trinajstić information content (AvgIpc) is 3.43. The Labute approximate surface area is 180 Å². The molecule has 0 radical (unpaired) electrons. The fourth-order valence-electron chi connectivity index (χ4n) is 3.30. The van der Waals surface area contributed by atoms with Gasteiger partial charge in [-0.05, 0) is 31.5 Å². The van der Waals surface area contributed by atoms with Crippen LogP contribution in [0, 0.1) is 17.0 Å². The van der Waals surface area contributed by atoms with Crippen LogP contribution in [0.4, 0.5) is 11.5 Å². The van der Waals surface area contributed by atoms with Crippen molar-refractivity contribution in [3.05, 3.63) is 86.0 Å². The van der Waals surface area contributed by atoms with Crippen LogP contribution in [0.1, 0.15) is 28.5 Å². The van der Waals surface area contributed by atoms with Crippen molar-refractivity contribution in [1.82, 2.24) is 19.7 Å². The SMILES string of the molecule is CCc1c(C)nc(-n2nc(-c3ccco3)cc2NC(=O)c2ccccc2[N+](=O)[O-])[nH]c1=O. The predicted molar refractivity (Wildman–Crippen MR) is 115 cm³/mol. The molecular weight excluding hydrogens is 416 g/mol. The maximum atomic E-state index is 12.9. The molecule has 0 aliphatic rings. The number of nitro benzene ring substituents is 1. The lowest BCUT2D eigenvalue weighted by atomic mass is 10.1. The summed E-state index contributed by atoms with van der Waals surface area (Å²) in [5.41, 5.74) is 0.657. The summed E-state index contributed by atoms with van der Waals surface area (Å²) in [6.45, 7) is 3.56. The summed E-state index contributed by atoms with van der Waals surface area (Å²) in [7, 11) is 0. The Balaban J connectivity index is 1.81. The van der Waals surface area contributed by atoms with Crippen molar-refractivity contribution in [3.8, 4) is 17.4 Å². The third-order valence-corrected chi connectivity index (χ3v) is 4.83. The summed E-state index contributed by atoms with van der Waals surface area (Å²) in [6, 6.07) is 10.5. The molecule has 0 unspecified atom stereocenters. The molecule has 0 aliphatic heterocycles. The first-order valence-electron chi connectivity index (χ1n) is 9.68. The zero-order valence-electron chi connectivity index (χ0n) is 17.2. The number of nitro groups is 1. The van der Waals surface area contributed by atoms with Crippen molar-refractivity contribution < 1.29 is 14.1 Å². The van der Waals surface area contributed by atoms with Crippen molar-refractivity contribution in [1.29, 1.82) is 0 Å². The number of nitrogens with zero attached hydrogens (tertiary/aromatic N) is 4. The summed E-state index contributed by atoms with van der Waals surface area (Å²) in [5.74, 6) is -0.0606. The Hall–Kier alpha value is -4.54. The van der Waals surface area contributed by atoms with Gasteiger partial charge in [-0.2, -0.15) is 9.78 Å². The number of nitrogens with one attached hydrogen (secondary N) is 2. The fourth-order valence-corrected chi connectivity index (χ4v) is 3.30. The number of rotatable bonds is 6. The summed E-state index contributed by atoms with van der Waals surface area (Å²) < 4.78 is 6.63. The lowest BCUT2D eigenvalue weighted by Gasteiger charge is -2.10. The van der Waals surface area contributed by atoms with Gasteiger partial charge in [0.25, 0.3) is 17.2 Å². The van der Waals surface area contributed by atoms with E-state index in [9.17, 15) is 19.7 Å². The molecule has 4 aromatic rings. The van der Waals surface area contributed by atoms with Crippen LogP contribution in [0.3, 0.4) is 0 Å². The Morgan fingerprint density at radius 3 is 2.72 bits per heavy atom. The van der Waals surface area contributed by atoms with E-state index in [1.165, 1.54) is 41.3 Å². The number of benzene rings is 1. The van der Waals surface area contributed by atoms with E-state index in [2.05, 4.69) is 20.4 Å². The van der Waals surface area contributed by atoms with Crippen LogP contribution in [0.2, 0.25) is 0 Å². The standard InChI is InChI=1S/C21H18N6O5/c1-3-13-12(2)22-21(24-19(13)28)26-18(11-15(25-26)17-9-6-10-32-17)23-20(29)14-7-4-5-8-16(14)27(30)31/h4-11H,3H2,1-2H3,(H,23,29)(H,22,24,28). The number of para-hydroxylation sites is 1. The highest BCUT2D eigenvalue weighted by molar-refractivity contribution is 6.06. The van der Waals surface area contributed by atoms with Gasteiger partial charge in [0.15, 0.2) is 5.76 Å². The van der Waals surface area contributed by atoms with Gasteiger partial charge in [0.2, 0.25) is 5.95 Å². The number of H-pyrrole nitrogens is 1. The van der Waals surface area contributed by atoms with E-state index in [4.69, 9.17) is 4.42 Å². The van der Waals surface area contributed by atoms with Gasteiger partial charge >= 0.3 is 0 Å². The van der Waals surface area contributed by atoms with Gasteiger partial charge in [-0.3, -0.25) is 24.7 Å². The van der Waals surface area contributed by atoms with Gasteiger partial charge in [-0.15, -0.1) is 0 Å². The van der Waals surface area contributed by atoms with Crippen LogP contribution in [0.15, 0.2) is 57.9 Å². The topological polar surface area (TPSA) is 149 Å². The molecular formula is C21H18N6O5. The highest BCUT2D eigenvalue weighted by Gasteiger charge is 2.23. The van der Waals surface area contributed by atoms with Crippen molar-refractivity contribution in [2.75, 3.05) is 5.32 Å². The first-order chi connectivity index (χ1) is 15.4. The molecule has 2 N–H and O–H groups in total. The number of carbonyl (C=O) groups is 1. The van der Waals surface area contributed by atoms with Crippen molar-refractivity contribution in [2.24, 2.45) is 0 Å². The first-order valence-corrected chi connectivity index (χ1v) is 9.68. The Morgan fingerprint density at radius 2 is 2.06 bits per heavy atom.